The standard InChI is InChI=1S/C17H24N2/c1-3-13(2)19-16-7-5-4-6-15(16)12-17(19)14-8-10-18-11-9-14/h4-7,12-14,18H,3,8-11H2,1-2H3. The van der Waals surface area contributed by atoms with Crippen molar-refractivity contribution >= 4 is 10.9 Å². The Morgan fingerprint density at radius 1 is 1.26 bits per heavy atom. The number of nitrogens with zero attached hydrogens (tertiary/aromatic N) is 1. The lowest BCUT2D eigenvalue weighted by atomic mass is 9.94. The van der Waals surface area contributed by atoms with Crippen LogP contribution in [0.2, 0.25) is 0 Å². The maximum absolute atomic E-state index is 3.47. The summed E-state index contributed by atoms with van der Waals surface area (Å²) < 4.78 is 2.59. The summed E-state index contributed by atoms with van der Waals surface area (Å²) in [4.78, 5) is 0. The maximum atomic E-state index is 3.47. The van der Waals surface area contributed by atoms with Gasteiger partial charge in [0.15, 0.2) is 0 Å². The molecule has 1 unspecified atom stereocenters. The van der Waals surface area contributed by atoms with E-state index in [2.05, 4.69) is 54.1 Å². The van der Waals surface area contributed by atoms with Crippen molar-refractivity contribution in [3.05, 3.63) is 36.0 Å². The second-order valence-corrected chi connectivity index (χ2v) is 5.78. The molecule has 2 heterocycles. The minimum atomic E-state index is 0.588. The molecule has 1 fully saturated rings. The summed E-state index contributed by atoms with van der Waals surface area (Å²) in [5.41, 5.74) is 2.96. The third-order valence-corrected chi connectivity index (χ3v) is 4.57. The van der Waals surface area contributed by atoms with Gasteiger partial charge in [0.05, 0.1) is 0 Å². The zero-order valence-electron chi connectivity index (χ0n) is 12.0. The molecule has 1 N–H and O–H groups in total. The topological polar surface area (TPSA) is 17.0 Å². The van der Waals surface area contributed by atoms with E-state index in [-0.39, 0.29) is 0 Å². The zero-order chi connectivity index (χ0) is 13.2. The monoisotopic (exact) mass is 256 g/mol. The largest absolute Gasteiger partial charge is 0.342 e. The van der Waals surface area contributed by atoms with Gasteiger partial charge in [-0.1, -0.05) is 25.1 Å². The molecule has 1 aliphatic heterocycles. The Balaban J connectivity index is 2.10. The Labute approximate surface area is 115 Å². The van der Waals surface area contributed by atoms with E-state index >= 15 is 0 Å². The average molecular weight is 256 g/mol. The van der Waals surface area contributed by atoms with Gasteiger partial charge in [0.2, 0.25) is 0 Å². The van der Waals surface area contributed by atoms with Gasteiger partial charge in [0, 0.05) is 23.2 Å². The molecule has 0 spiro atoms. The molecule has 2 heteroatoms. The fourth-order valence-corrected chi connectivity index (χ4v) is 3.30. The number of fused-ring (bicyclic) bond motifs is 1. The van der Waals surface area contributed by atoms with Crippen molar-refractivity contribution in [2.75, 3.05) is 13.1 Å². The van der Waals surface area contributed by atoms with E-state index in [1.807, 2.05) is 0 Å². The number of nitrogens with one attached hydrogen (secondary N) is 1. The molecule has 3 rings (SSSR count). The molecule has 19 heavy (non-hydrogen) atoms. The highest BCUT2D eigenvalue weighted by Crippen LogP contribution is 2.34. The Kier molecular flexibility index (Phi) is 3.61. The lowest BCUT2D eigenvalue weighted by molar-refractivity contribution is 0.424. The first-order valence-corrected chi connectivity index (χ1v) is 7.62. The van der Waals surface area contributed by atoms with Crippen LogP contribution in [-0.2, 0) is 0 Å². The highest BCUT2D eigenvalue weighted by Gasteiger charge is 2.22. The zero-order valence-corrected chi connectivity index (χ0v) is 12.0. The number of piperidine rings is 1. The van der Waals surface area contributed by atoms with E-state index < -0.39 is 0 Å². The number of rotatable bonds is 3. The minimum absolute atomic E-state index is 0.588. The van der Waals surface area contributed by atoms with E-state index in [4.69, 9.17) is 0 Å². The molecule has 0 amide bonds. The first kappa shape index (κ1) is 12.7. The van der Waals surface area contributed by atoms with Crippen LogP contribution in [0.25, 0.3) is 10.9 Å². The van der Waals surface area contributed by atoms with Crippen molar-refractivity contribution in [3.63, 3.8) is 0 Å². The molecule has 0 aliphatic carbocycles. The third kappa shape index (κ3) is 2.30. The Bertz CT molecular complexity index is 549. The predicted octanol–water partition coefficient (Wildman–Crippen LogP) is 4.08. The van der Waals surface area contributed by atoms with E-state index in [1.165, 1.54) is 30.2 Å². The van der Waals surface area contributed by atoms with Crippen molar-refractivity contribution in [2.45, 2.75) is 45.1 Å². The SMILES string of the molecule is CCC(C)n1c(C2CCNCC2)cc2ccccc21. The van der Waals surface area contributed by atoms with Gasteiger partial charge in [-0.2, -0.15) is 0 Å². The van der Waals surface area contributed by atoms with Crippen LogP contribution in [0, 0.1) is 0 Å². The molecule has 1 aromatic heterocycles. The third-order valence-electron chi connectivity index (χ3n) is 4.57. The van der Waals surface area contributed by atoms with Crippen molar-refractivity contribution in [1.29, 1.82) is 0 Å². The van der Waals surface area contributed by atoms with Crippen molar-refractivity contribution in [2.24, 2.45) is 0 Å². The number of hydrogen-bond acceptors (Lipinski definition) is 1. The maximum Gasteiger partial charge on any atom is 0.0485 e. The normalized spacial score (nSPS) is 18.8. The molecule has 1 saturated heterocycles. The second kappa shape index (κ2) is 5.38. The average Bonchev–Trinajstić information content (AvgIpc) is 2.87. The van der Waals surface area contributed by atoms with Gasteiger partial charge in [-0.25, -0.2) is 0 Å². The number of aromatic nitrogens is 1. The number of hydrogen-bond donors (Lipinski definition) is 1. The molecule has 102 valence electrons. The van der Waals surface area contributed by atoms with E-state index in [0.717, 1.165) is 19.0 Å². The van der Waals surface area contributed by atoms with E-state index in [1.54, 1.807) is 5.69 Å². The molecule has 2 nitrogen and oxygen atoms in total. The van der Waals surface area contributed by atoms with Crippen LogP contribution in [0.1, 0.15) is 50.8 Å². The van der Waals surface area contributed by atoms with Crippen molar-refractivity contribution in [1.82, 2.24) is 9.88 Å². The molecule has 1 aromatic carbocycles. The van der Waals surface area contributed by atoms with E-state index in [9.17, 15) is 0 Å². The summed E-state index contributed by atoms with van der Waals surface area (Å²) in [5.74, 6) is 0.725. The van der Waals surface area contributed by atoms with Crippen LogP contribution in [0.4, 0.5) is 0 Å². The van der Waals surface area contributed by atoms with E-state index in [0.29, 0.717) is 6.04 Å². The summed E-state index contributed by atoms with van der Waals surface area (Å²) >= 11 is 0. The molecule has 2 aromatic rings. The molecule has 1 aliphatic rings. The van der Waals surface area contributed by atoms with Gasteiger partial charge in [-0.05, 0) is 56.8 Å². The highest BCUT2D eigenvalue weighted by molar-refractivity contribution is 5.81. The van der Waals surface area contributed by atoms with Crippen LogP contribution in [0.5, 0.6) is 0 Å². The molecule has 0 radical (unpaired) electrons. The van der Waals surface area contributed by atoms with Gasteiger partial charge >= 0.3 is 0 Å². The van der Waals surface area contributed by atoms with Crippen LogP contribution in [-0.4, -0.2) is 17.7 Å². The smallest absolute Gasteiger partial charge is 0.0485 e. The lowest BCUT2D eigenvalue weighted by Crippen LogP contribution is -2.28. The summed E-state index contributed by atoms with van der Waals surface area (Å²) in [7, 11) is 0. The van der Waals surface area contributed by atoms with Crippen LogP contribution < -0.4 is 5.32 Å². The molecular formula is C17H24N2. The van der Waals surface area contributed by atoms with Gasteiger partial charge in [0.25, 0.3) is 0 Å². The van der Waals surface area contributed by atoms with Crippen molar-refractivity contribution in [3.8, 4) is 0 Å². The predicted molar refractivity (Wildman–Crippen MR) is 81.8 cm³/mol. The van der Waals surface area contributed by atoms with Gasteiger partial charge in [-0.3, -0.25) is 0 Å². The fourth-order valence-electron chi connectivity index (χ4n) is 3.30. The molecule has 0 bridgehead atoms. The summed E-state index contributed by atoms with van der Waals surface area (Å²) in [5, 5.41) is 4.87. The second-order valence-electron chi connectivity index (χ2n) is 5.78. The molecule has 1 atom stereocenters. The van der Waals surface area contributed by atoms with Crippen LogP contribution in [0.3, 0.4) is 0 Å². The summed E-state index contributed by atoms with van der Waals surface area (Å²) in [6.07, 6.45) is 3.73. The lowest BCUT2D eigenvalue weighted by Gasteiger charge is -2.26. The van der Waals surface area contributed by atoms with Gasteiger partial charge in [0.1, 0.15) is 0 Å². The quantitative estimate of drug-likeness (QED) is 0.875. The van der Waals surface area contributed by atoms with Gasteiger partial charge < -0.3 is 9.88 Å². The Morgan fingerprint density at radius 3 is 2.74 bits per heavy atom. The minimum Gasteiger partial charge on any atom is -0.342 e. The fraction of sp³-hybridized carbons (Fsp3) is 0.529. The van der Waals surface area contributed by atoms with Crippen LogP contribution >= 0.6 is 0 Å². The number of benzene rings is 1. The highest BCUT2D eigenvalue weighted by atomic mass is 15.0. The molecular weight excluding hydrogens is 232 g/mol. The molecule has 0 saturated carbocycles. The Hall–Kier alpha value is -1.28. The number of para-hydroxylation sites is 1. The summed E-state index contributed by atoms with van der Waals surface area (Å²) in [6.45, 7) is 6.95. The van der Waals surface area contributed by atoms with Gasteiger partial charge in [-0.15, -0.1) is 0 Å². The first-order chi connectivity index (χ1) is 9.31. The summed E-state index contributed by atoms with van der Waals surface area (Å²) in [6, 6.07) is 11.8. The van der Waals surface area contributed by atoms with Crippen molar-refractivity contribution < 1.29 is 0 Å². The first-order valence-electron chi connectivity index (χ1n) is 7.62. The van der Waals surface area contributed by atoms with Crippen LogP contribution in [0.15, 0.2) is 30.3 Å². The Morgan fingerprint density at radius 2 is 2.00 bits per heavy atom.